The first-order valence-electron chi connectivity index (χ1n) is 9.46. The summed E-state index contributed by atoms with van der Waals surface area (Å²) in [7, 11) is -2.66. The van der Waals surface area contributed by atoms with Crippen molar-refractivity contribution in [2.45, 2.75) is 4.90 Å². The molecule has 3 aromatic carbocycles. The third kappa shape index (κ3) is 6.02. The second-order valence-electron chi connectivity index (χ2n) is 6.68. The van der Waals surface area contributed by atoms with Crippen molar-refractivity contribution in [3.05, 3.63) is 70.8 Å². The Hall–Kier alpha value is -4.03. The second kappa shape index (κ2) is 10.1. The van der Waals surface area contributed by atoms with E-state index < -0.39 is 45.7 Å². The Labute approximate surface area is 188 Å². The van der Waals surface area contributed by atoms with E-state index >= 15 is 0 Å². The van der Waals surface area contributed by atoms with Crippen molar-refractivity contribution in [3.63, 3.8) is 0 Å². The monoisotopic (exact) mass is 473 g/mol. The first-order chi connectivity index (χ1) is 15.7. The van der Waals surface area contributed by atoms with Gasteiger partial charge in [-0.1, -0.05) is 30.3 Å². The van der Waals surface area contributed by atoms with Crippen LogP contribution in [0.1, 0.15) is 0 Å². The summed E-state index contributed by atoms with van der Waals surface area (Å²) in [5.74, 6) is -1.61. The van der Waals surface area contributed by atoms with Crippen molar-refractivity contribution in [3.8, 4) is 5.75 Å². The number of carbonyl (C=O) groups excluding carboxylic acids is 2. The van der Waals surface area contributed by atoms with E-state index in [9.17, 15) is 28.1 Å². The highest BCUT2D eigenvalue weighted by Crippen LogP contribution is 2.28. The fourth-order valence-electron chi connectivity index (χ4n) is 2.85. The highest BCUT2D eigenvalue weighted by Gasteiger charge is 2.19. The van der Waals surface area contributed by atoms with Crippen LogP contribution in [0, 0.1) is 10.1 Å². The molecular formula is C21H19N3O8S. The Balaban J connectivity index is 1.54. The largest absolute Gasteiger partial charge is 0.496 e. The molecule has 33 heavy (non-hydrogen) atoms. The number of fused-ring (bicyclic) bond motifs is 1. The number of ether oxygens (including phenoxy) is 2. The molecule has 0 saturated heterocycles. The average molecular weight is 473 g/mol. The summed E-state index contributed by atoms with van der Waals surface area (Å²) >= 11 is 0. The Morgan fingerprint density at radius 2 is 1.76 bits per heavy atom. The SMILES string of the molecule is COc1ccc(NC(=O)COC(=O)CNS(=O)(=O)c2ccc3ccccc3c2)c([N+](=O)[O-])c1. The molecule has 3 rings (SSSR count). The van der Waals surface area contributed by atoms with Gasteiger partial charge in [-0.15, -0.1) is 0 Å². The summed E-state index contributed by atoms with van der Waals surface area (Å²) < 4.78 is 36.7. The molecule has 1 amide bonds. The molecule has 172 valence electrons. The summed E-state index contributed by atoms with van der Waals surface area (Å²) in [6.45, 7) is -1.47. The topological polar surface area (TPSA) is 154 Å². The molecule has 0 saturated carbocycles. The van der Waals surface area contributed by atoms with E-state index in [1.54, 1.807) is 18.2 Å². The smallest absolute Gasteiger partial charge is 0.321 e. The van der Waals surface area contributed by atoms with Crippen LogP contribution in [0.3, 0.4) is 0 Å². The Morgan fingerprint density at radius 3 is 2.45 bits per heavy atom. The van der Waals surface area contributed by atoms with Crippen LogP contribution in [-0.4, -0.2) is 45.5 Å². The number of nitro groups is 1. The van der Waals surface area contributed by atoms with Crippen LogP contribution in [0.25, 0.3) is 10.8 Å². The number of hydrogen-bond donors (Lipinski definition) is 2. The lowest BCUT2D eigenvalue weighted by molar-refractivity contribution is -0.384. The molecule has 3 aromatic rings. The van der Waals surface area contributed by atoms with Gasteiger partial charge in [0.25, 0.3) is 11.6 Å². The van der Waals surface area contributed by atoms with Gasteiger partial charge in [0.2, 0.25) is 10.0 Å². The van der Waals surface area contributed by atoms with E-state index in [0.717, 1.165) is 11.5 Å². The summed E-state index contributed by atoms with van der Waals surface area (Å²) in [4.78, 5) is 34.3. The molecule has 11 nitrogen and oxygen atoms in total. The molecule has 12 heteroatoms. The van der Waals surface area contributed by atoms with E-state index in [1.807, 2.05) is 12.1 Å². The van der Waals surface area contributed by atoms with Gasteiger partial charge in [0.15, 0.2) is 6.61 Å². The highest BCUT2D eigenvalue weighted by atomic mass is 32.2. The minimum atomic E-state index is -3.99. The van der Waals surface area contributed by atoms with E-state index in [4.69, 9.17) is 9.47 Å². The number of benzene rings is 3. The number of nitrogens with zero attached hydrogens (tertiary/aromatic N) is 1. The summed E-state index contributed by atoms with van der Waals surface area (Å²) in [6.07, 6.45) is 0. The van der Waals surface area contributed by atoms with Crippen LogP contribution >= 0.6 is 0 Å². The lowest BCUT2D eigenvalue weighted by Gasteiger charge is -2.09. The number of hydrogen-bond acceptors (Lipinski definition) is 8. The molecule has 0 heterocycles. The maximum atomic E-state index is 12.4. The van der Waals surface area contributed by atoms with Crippen LogP contribution in [-0.2, 0) is 24.3 Å². The van der Waals surface area contributed by atoms with Gasteiger partial charge in [0, 0.05) is 0 Å². The third-order valence-corrected chi connectivity index (χ3v) is 5.88. The molecule has 0 aliphatic carbocycles. The van der Waals surface area contributed by atoms with Gasteiger partial charge in [-0.25, -0.2) is 8.42 Å². The van der Waals surface area contributed by atoms with Gasteiger partial charge in [0.1, 0.15) is 18.0 Å². The summed E-state index contributed by atoms with van der Waals surface area (Å²) in [6, 6.07) is 15.5. The molecule has 0 bridgehead atoms. The van der Waals surface area contributed by atoms with Crippen molar-refractivity contribution in [1.82, 2.24) is 4.72 Å². The number of rotatable bonds is 9. The molecule has 0 aromatic heterocycles. The van der Waals surface area contributed by atoms with Gasteiger partial charge >= 0.3 is 5.97 Å². The van der Waals surface area contributed by atoms with Crippen LogP contribution in [0.4, 0.5) is 11.4 Å². The molecule has 0 radical (unpaired) electrons. The molecule has 0 unspecified atom stereocenters. The third-order valence-electron chi connectivity index (χ3n) is 4.48. The minimum absolute atomic E-state index is 0.0291. The zero-order chi connectivity index (χ0) is 24.0. The zero-order valence-electron chi connectivity index (χ0n) is 17.3. The lowest BCUT2D eigenvalue weighted by Crippen LogP contribution is -2.32. The van der Waals surface area contributed by atoms with Crippen LogP contribution in [0.2, 0.25) is 0 Å². The van der Waals surface area contributed by atoms with E-state index in [1.165, 1.54) is 31.4 Å². The maximum absolute atomic E-state index is 12.4. The molecule has 0 aliphatic heterocycles. The van der Waals surface area contributed by atoms with Crippen LogP contribution in [0.15, 0.2) is 65.6 Å². The van der Waals surface area contributed by atoms with E-state index in [2.05, 4.69) is 10.0 Å². The number of anilines is 1. The Bertz CT molecular complexity index is 1320. The number of amides is 1. The number of nitrogens with one attached hydrogen (secondary N) is 2. The summed E-state index contributed by atoms with van der Waals surface area (Å²) in [5, 5.41) is 15.0. The van der Waals surface area contributed by atoms with Gasteiger partial charge in [-0.3, -0.25) is 19.7 Å². The number of sulfonamides is 1. The number of methoxy groups -OCH3 is 1. The Morgan fingerprint density at radius 1 is 1.03 bits per heavy atom. The van der Waals surface area contributed by atoms with Crippen molar-refractivity contribution in [2.24, 2.45) is 0 Å². The van der Waals surface area contributed by atoms with Crippen LogP contribution < -0.4 is 14.8 Å². The lowest BCUT2D eigenvalue weighted by atomic mass is 10.1. The van der Waals surface area contributed by atoms with Crippen molar-refractivity contribution >= 4 is 44.0 Å². The second-order valence-corrected chi connectivity index (χ2v) is 8.45. The summed E-state index contributed by atoms with van der Waals surface area (Å²) in [5.41, 5.74) is -0.518. The average Bonchev–Trinajstić information content (AvgIpc) is 2.81. The Kier molecular flexibility index (Phi) is 7.20. The normalized spacial score (nSPS) is 11.1. The van der Waals surface area contributed by atoms with Gasteiger partial charge in [-0.05, 0) is 35.0 Å². The zero-order valence-corrected chi connectivity index (χ0v) is 18.1. The van der Waals surface area contributed by atoms with Crippen LogP contribution in [0.5, 0.6) is 5.75 Å². The molecule has 0 atom stereocenters. The molecule has 0 spiro atoms. The number of esters is 1. The van der Waals surface area contributed by atoms with Crippen molar-refractivity contribution in [2.75, 3.05) is 25.6 Å². The fourth-order valence-corrected chi connectivity index (χ4v) is 3.85. The van der Waals surface area contributed by atoms with Crippen molar-refractivity contribution < 1.29 is 32.4 Å². The van der Waals surface area contributed by atoms with E-state index in [-0.39, 0.29) is 16.3 Å². The first-order valence-corrected chi connectivity index (χ1v) is 10.9. The highest BCUT2D eigenvalue weighted by molar-refractivity contribution is 7.89. The standard InChI is InChI=1S/C21H19N3O8S/c1-31-16-7-9-18(19(11-16)24(27)28)23-20(25)13-32-21(26)12-22-33(29,30)17-8-6-14-4-2-3-5-15(14)10-17/h2-11,22H,12-13H2,1H3,(H,23,25). The number of nitro benzene ring substituents is 1. The fraction of sp³-hybridized carbons (Fsp3) is 0.143. The van der Waals surface area contributed by atoms with Crippen molar-refractivity contribution in [1.29, 1.82) is 0 Å². The minimum Gasteiger partial charge on any atom is -0.496 e. The van der Waals surface area contributed by atoms with Gasteiger partial charge in [0.05, 0.1) is 23.0 Å². The molecule has 0 fully saturated rings. The van der Waals surface area contributed by atoms with Gasteiger partial charge in [-0.2, -0.15) is 4.72 Å². The molecule has 0 aliphatic rings. The maximum Gasteiger partial charge on any atom is 0.321 e. The predicted molar refractivity (Wildman–Crippen MR) is 118 cm³/mol. The quantitative estimate of drug-likeness (QED) is 0.272. The predicted octanol–water partition coefficient (Wildman–Crippen LogP) is 2.22. The van der Waals surface area contributed by atoms with E-state index in [0.29, 0.717) is 5.39 Å². The first kappa shape index (κ1) is 23.6. The number of carbonyl (C=O) groups is 2. The molecular weight excluding hydrogens is 454 g/mol. The molecule has 2 N–H and O–H groups in total. The van der Waals surface area contributed by atoms with Gasteiger partial charge < -0.3 is 14.8 Å².